The number of halogens is 1. The second-order valence-corrected chi connectivity index (χ2v) is 7.45. The number of rotatable bonds is 4. The Morgan fingerprint density at radius 2 is 1.81 bits per heavy atom. The van der Waals surface area contributed by atoms with Gasteiger partial charge >= 0.3 is 0 Å². The second-order valence-electron chi connectivity index (χ2n) is 5.68. The lowest BCUT2D eigenvalue weighted by molar-refractivity contribution is 0.0303. The molecule has 0 heterocycles. The SMILES string of the molecule is Nc1cc(F)cc(S(=O)(=O)NCC2(O)CCCCCC2)c1. The number of benzene rings is 1. The summed E-state index contributed by atoms with van der Waals surface area (Å²) in [5, 5.41) is 10.4. The average molecular weight is 316 g/mol. The summed E-state index contributed by atoms with van der Waals surface area (Å²) in [6.45, 7) is -0.0637. The van der Waals surface area contributed by atoms with Crippen LogP contribution in [0.1, 0.15) is 38.5 Å². The summed E-state index contributed by atoms with van der Waals surface area (Å²) in [5.74, 6) is -0.705. The smallest absolute Gasteiger partial charge is 0.240 e. The zero-order chi connectivity index (χ0) is 15.5. The van der Waals surface area contributed by atoms with Gasteiger partial charge in [0.25, 0.3) is 0 Å². The lowest BCUT2D eigenvalue weighted by atomic mass is 9.95. The molecule has 2 rings (SSSR count). The van der Waals surface area contributed by atoms with Gasteiger partial charge in [-0.2, -0.15) is 0 Å². The highest BCUT2D eigenvalue weighted by Gasteiger charge is 2.30. The zero-order valence-electron chi connectivity index (χ0n) is 11.8. The van der Waals surface area contributed by atoms with Crippen LogP contribution in [0, 0.1) is 5.82 Å². The van der Waals surface area contributed by atoms with Crippen molar-refractivity contribution < 1.29 is 17.9 Å². The van der Waals surface area contributed by atoms with Crippen molar-refractivity contribution >= 4 is 15.7 Å². The Morgan fingerprint density at radius 3 is 2.38 bits per heavy atom. The summed E-state index contributed by atoms with van der Waals surface area (Å²) in [6.07, 6.45) is 5.00. The van der Waals surface area contributed by atoms with E-state index in [1.54, 1.807) is 0 Å². The van der Waals surface area contributed by atoms with Gasteiger partial charge in [-0.3, -0.25) is 0 Å². The van der Waals surface area contributed by atoms with Crippen LogP contribution in [0.25, 0.3) is 0 Å². The maximum atomic E-state index is 13.3. The van der Waals surface area contributed by atoms with Gasteiger partial charge in [0.05, 0.1) is 10.5 Å². The molecule has 0 saturated heterocycles. The number of anilines is 1. The van der Waals surface area contributed by atoms with Crippen molar-refractivity contribution in [1.82, 2.24) is 4.72 Å². The molecule has 0 aromatic heterocycles. The van der Waals surface area contributed by atoms with Gasteiger partial charge in [0.15, 0.2) is 0 Å². The molecule has 5 nitrogen and oxygen atoms in total. The largest absolute Gasteiger partial charge is 0.399 e. The normalized spacial score (nSPS) is 19.1. The molecule has 7 heteroatoms. The third-order valence-corrected chi connectivity index (χ3v) is 5.21. The molecule has 0 atom stereocenters. The number of aliphatic hydroxyl groups is 1. The van der Waals surface area contributed by atoms with Crippen LogP contribution in [0.5, 0.6) is 0 Å². The van der Waals surface area contributed by atoms with Gasteiger partial charge in [0.2, 0.25) is 10.0 Å². The lowest BCUT2D eigenvalue weighted by Crippen LogP contribution is -2.42. The minimum Gasteiger partial charge on any atom is -0.399 e. The Morgan fingerprint density at radius 1 is 1.19 bits per heavy atom. The fourth-order valence-corrected chi connectivity index (χ4v) is 3.80. The van der Waals surface area contributed by atoms with Crippen LogP contribution < -0.4 is 10.5 Å². The van der Waals surface area contributed by atoms with Crippen LogP contribution in [0.4, 0.5) is 10.1 Å². The van der Waals surface area contributed by atoms with Crippen LogP contribution in [0.2, 0.25) is 0 Å². The molecule has 0 spiro atoms. The maximum absolute atomic E-state index is 13.3. The first kappa shape index (κ1) is 16.2. The van der Waals surface area contributed by atoms with Crippen LogP contribution >= 0.6 is 0 Å². The molecule has 1 aromatic rings. The first-order valence-electron chi connectivity index (χ1n) is 7.09. The molecule has 0 amide bonds. The number of nitrogens with two attached hydrogens (primary N) is 1. The van der Waals surface area contributed by atoms with Crippen LogP contribution in [0.15, 0.2) is 23.1 Å². The molecular weight excluding hydrogens is 295 g/mol. The molecule has 0 radical (unpaired) electrons. The van der Waals surface area contributed by atoms with E-state index in [9.17, 15) is 17.9 Å². The number of sulfonamides is 1. The molecule has 1 saturated carbocycles. The Hall–Kier alpha value is -1.18. The first-order valence-corrected chi connectivity index (χ1v) is 8.57. The molecular formula is C14H21FN2O3S. The van der Waals surface area contributed by atoms with Gasteiger partial charge in [-0.05, 0) is 31.0 Å². The van der Waals surface area contributed by atoms with E-state index in [4.69, 9.17) is 5.73 Å². The van der Waals surface area contributed by atoms with Crippen molar-refractivity contribution in [1.29, 1.82) is 0 Å². The van der Waals surface area contributed by atoms with E-state index in [-0.39, 0.29) is 17.1 Å². The molecule has 0 bridgehead atoms. The minimum absolute atomic E-state index is 0.0450. The van der Waals surface area contributed by atoms with Gasteiger partial charge in [0, 0.05) is 12.2 Å². The van der Waals surface area contributed by atoms with E-state index in [2.05, 4.69) is 4.72 Å². The predicted molar refractivity (Wildman–Crippen MR) is 78.7 cm³/mol. The van der Waals surface area contributed by atoms with Gasteiger partial charge in [0.1, 0.15) is 5.82 Å². The van der Waals surface area contributed by atoms with Crippen molar-refractivity contribution in [3.05, 3.63) is 24.0 Å². The summed E-state index contributed by atoms with van der Waals surface area (Å²) in [5.41, 5.74) is 4.48. The minimum atomic E-state index is -3.88. The van der Waals surface area contributed by atoms with E-state index in [0.717, 1.165) is 37.8 Å². The third-order valence-electron chi connectivity index (χ3n) is 3.83. The van der Waals surface area contributed by atoms with Gasteiger partial charge in [-0.15, -0.1) is 0 Å². The van der Waals surface area contributed by atoms with E-state index >= 15 is 0 Å². The van der Waals surface area contributed by atoms with Crippen molar-refractivity contribution in [2.45, 2.75) is 49.0 Å². The van der Waals surface area contributed by atoms with Crippen LogP contribution in [0.3, 0.4) is 0 Å². The highest BCUT2D eigenvalue weighted by molar-refractivity contribution is 7.89. The number of nitrogen functional groups attached to an aromatic ring is 1. The lowest BCUT2D eigenvalue weighted by Gasteiger charge is -2.26. The fourth-order valence-electron chi connectivity index (χ4n) is 2.62. The van der Waals surface area contributed by atoms with Crippen molar-refractivity contribution in [3.8, 4) is 0 Å². The summed E-state index contributed by atoms with van der Waals surface area (Å²) in [4.78, 5) is -0.225. The Kier molecular flexibility index (Phi) is 4.85. The fraction of sp³-hybridized carbons (Fsp3) is 0.571. The molecule has 4 N–H and O–H groups in total. The van der Waals surface area contributed by atoms with Gasteiger partial charge in [-0.25, -0.2) is 17.5 Å². The summed E-state index contributed by atoms with van der Waals surface area (Å²) < 4.78 is 40.0. The molecule has 0 unspecified atom stereocenters. The van der Waals surface area contributed by atoms with E-state index in [0.29, 0.717) is 12.8 Å². The van der Waals surface area contributed by atoms with Crippen molar-refractivity contribution in [2.75, 3.05) is 12.3 Å². The molecule has 1 aromatic carbocycles. The topological polar surface area (TPSA) is 92.4 Å². The highest BCUT2D eigenvalue weighted by Crippen LogP contribution is 2.27. The monoisotopic (exact) mass is 316 g/mol. The number of nitrogens with one attached hydrogen (secondary N) is 1. The predicted octanol–water partition coefficient (Wildman–Crippen LogP) is 1.77. The number of hydrogen-bond donors (Lipinski definition) is 3. The van der Waals surface area contributed by atoms with Crippen molar-refractivity contribution in [2.24, 2.45) is 0 Å². The standard InChI is InChI=1S/C14H21FN2O3S/c15-11-7-12(16)9-13(8-11)21(19,20)17-10-14(18)5-3-1-2-4-6-14/h7-9,17-18H,1-6,10,16H2. The molecule has 1 fully saturated rings. The Bertz CT molecular complexity index is 576. The summed E-state index contributed by atoms with van der Waals surface area (Å²) in [7, 11) is -3.88. The van der Waals surface area contributed by atoms with Crippen LogP contribution in [-0.4, -0.2) is 25.7 Å². The molecule has 118 valence electrons. The zero-order valence-corrected chi connectivity index (χ0v) is 12.6. The molecule has 0 aliphatic heterocycles. The highest BCUT2D eigenvalue weighted by atomic mass is 32.2. The van der Waals surface area contributed by atoms with Gasteiger partial charge in [-0.1, -0.05) is 25.7 Å². The van der Waals surface area contributed by atoms with E-state index < -0.39 is 21.4 Å². The quantitative estimate of drug-likeness (QED) is 0.583. The third kappa shape index (κ3) is 4.39. The summed E-state index contributed by atoms with van der Waals surface area (Å²) in [6, 6.07) is 3.16. The molecule has 21 heavy (non-hydrogen) atoms. The molecule has 1 aliphatic rings. The van der Waals surface area contributed by atoms with Crippen LogP contribution in [-0.2, 0) is 10.0 Å². The first-order chi connectivity index (χ1) is 9.81. The average Bonchev–Trinajstić information content (AvgIpc) is 2.61. The second kappa shape index (κ2) is 6.29. The van der Waals surface area contributed by atoms with E-state index in [1.807, 2.05) is 0 Å². The summed E-state index contributed by atoms with van der Waals surface area (Å²) >= 11 is 0. The van der Waals surface area contributed by atoms with Crippen molar-refractivity contribution in [3.63, 3.8) is 0 Å². The Balaban J connectivity index is 2.10. The van der Waals surface area contributed by atoms with E-state index in [1.165, 1.54) is 6.07 Å². The van der Waals surface area contributed by atoms with Gasteiger partial charge < -0.3 is 10.8 Å². The maximum Gasteiger partial charge on any atom is 0.240 e. The Labute approximate surface area is 124 Å². The molecule has 1 aliphatic carbocycles. The number of hydrogen-bond acceptors (Lipinski definition) is 4.